The zero-order valence-corrected chi connectivity index (χ0v) is 11.5. The molecule has 0 bridgehead atoms. The summed E-state index contributed by atoms with van der Waals surface area (Å²) in [7, 11) is 0. The van der Waals surface area contributed by atoms with Crippen LogP contribution in [0.25, 0.3) is 10.9 Å². The van der Waals surface area contributed by atoms with Crippen LogP contribution in [0.15, 0.2) is 36.5 Å². The first kappa shape index (κ1) is 13.3. The fourth-order valence-corrected chi connectivity index (χ4v) is 2.32. The molecule has 0 saturated heterocycles. The predicted octanol–water partition coefficient (Wildman–Crippen LogP) is 3.73. The Labute approximate surface area is 113 Å². The number of pyridine rings is 1. The molecule has 1 heterocycles. The SMILES string of the molecule is CCC(CCCl)NCc1cnc2ccccc2c1. The normalized spacial score (nSPS) is 12.8. The highest BCUT2D eigenvalue weighted by Gasteiger charge is 2.05. The van der Waals surface area contributed by atoms with E-state index in [0.29, 0.717) is 11.9 Å². The van der Waals surface area contributed by atoms with E-state index in [2.05, 4.69) is 29.4 Å². The molecule has 1 aromatic carbocycles. The number of para-hydroxylation sites is 1. The second-order valence-corrected chi connectivity index (χ2v) is 4.88. The highest BCUT2D eigenvalue weighted by Crippen LogP contribution is 2.13. The lowest BCUT2D eigenvalue weighted by atomic mass is 10.1. The summed E-state index contributed by atoms with van der Waals surface area (Å²) in [5.41, 5.74) is 2.27. The molecule has 0 fully saturated rings. The first-order chi connectivity index (χ1) is 8.83. The van der Waals surface area contributed by atoms with Crippen molar-refractivity contribution in [1.82, 2.24) is 10.3 Å². The van der Waals surface area contributed by atoms with Crippen molar-refractivity contribution in [3.63, 3.8) is 0 Å². The Morgan fingerprint density at radius 1 is 1.33 bits per heavy atom. The van der Waals surface area contributed by atoms with Gasteiger partial charge in [0, 0.05) is 30.0 Å². The summed E-state index contributed by atoms with van der Waals surface area (Å²) in [5, 5.41) is 4.72. The Kier molecular flexibility index (Phi) is 4.97. The van der Waals surface area contributed by atoms with E-state index in [1.54, 1.807) is 0 Å². The number of benzene rings is 1. The third-order valence-electron chi connectivity index (χ3n) is 3.19. The molecular weight excluding hydrogens is 244 g/mol. The molecule has 0 saturated carbocycles. The van der Waals surface area contributed by atoms with Crippen molar-refractivity contribution < 1.29 is 0 Å². The Balaban J connectivity index is 2.03. The van der Waals surface area contributed by atoms with Gasteiger partial charge < -0.3 is 5.32 Å². The van der Waals surface area contributed by atoms with Crippen LogP contribution >= 0.6 is 11.6 Å². The Morgan fingerprint density at radius 3 is 2.94 bits per heavy atom. The third kappa shape index (κ3) is 3.44. The van der Waals surface area contributed by atoms with E-state index in [1.807, 2.05) is 24.4 Å². The molecule has 0 aliphatic rings. The lowest BCUT2D eigenvalue weighted by Gasteiger charge is -2.15. The second kappa shape index (κ2) is 6.72. The number of nitrogens with one attached hydrogen (secondary N) is 1. The Hall–Kier alpha value is -1.12. The van der Waals surface area contributed by atoms with Crippen LogP contribution in [0.1, 0.15) is 25.3 Å². The average Bonchev–Trinajstić information content (AvgIpc) is 2.43. The van der Waals surface area contributed by atoms with Crippen LogP contribution in [-0.4, -0.2) is 16.9 Å². The number of hydrogen-bond donors (Lipinski definition) is 1. The highest BCUT2D eigenvalue weighted by atomic mass is 35.5. The third-order valence-corrected chi connectivity index (χ3v) is 3.41. The van der Waals surface area contributed by atoms with E-state index in [4.69, 9.17) is 11.6 Å². The summed E-state index contributed by atoms with van der Waals surface area (Å²) in [4.78, 5) is 4.46. The first-order valence-corrected chi connectivity index (χ1v) is 7.00. The van der Waals surface area contributed by atoms with Crippen molar-refractivity contribution in [2.24, 2.45) is 0 Å². The lowest BCUT2D eigenvalue weighted by Crippen LogP contribution is -2.28. The maximum atomic E-state index is 5.78. The molecule has 0 aliphatic heterocycles. The molecule has 96 valence electrons. The van der Waals surface area contributed by atoms with Gasteiger partial charge in [0.05, 0.1) is 5.52 Å². The summed E-state index contributed by atoms with van der Waals surface area (Å²) in [5.74, 6) is 0.710. The molecule has 0 spiro atoms. The van der Waals surface area contributed by atoms with Gasteiger partial charge >= 0.3 is 0 Å². The molecule has 0 aliphatic carbocycles. The minimum atomic E-state index is 0.494. The summed E-state index contributed by atoms with van der Waals surface area (Å²) in [6.07, 6.45) is 4.07. The summed E-state index contributed by atoms with van der Waals surface area (Å²) in [6.45, 7) is 3.04. The van der Waals surface area contributed by atoms with E-state index < -0.39 is 0 Å². The van der Waals surface area contributed by atoms with Gasteiger partial charge in [0.15, 0.2) is 0 Å². The van der Waals surface area contributed by atoms with Gasteiger partial charge in [-0.15, -0.1) is 11.6 Å². The fourth-order valence-electron chi connectivity index (χ4n) is 2.06. The van der Waals surface area contributed by atoms with E-state index in [-0.39, 0.29) is 0 Å². The molecule has 1 unspecified atom stereocenters. The van der Waals surface area contributed by atoms with Crippen molar-refractivity contribution in [3.8, 4) is 0 Å². The van der Waals surface area contributed by atoms with Crippen molar-refractivity contribution in [2.75, 3.05) is 5.88 Å². The minimum absolute atomic E-state index is 0.494. The molecule has 3 heteroatoms. The molecule has 2 rings (SSSR count). The smallest absolute Gasteiger partial charge is 0.0702 e. The summed E-state index contributed by atoms with van der Waals surface area (Å²) in [6, 6.07) is 10.9. The van der Waals surface area contributed by atoms with Gasteiger partial charge in [0.1, 0.15) is 0 Å². The molecule has 1 atom stereocenters. The number of fused-ring (bicyclic) bond motifs is 1. The van der Waals surface area contributed by atoms with Gasteiger partial charge in [-0.3, -0.25) is 4.98 Å². The van der Waals surface area contributed by atoms with Crippen LogP contribution in [0, 0.1) is 0 Å². The van der Waals surface area contributed by atoms with Gasteiger partial charge in [-0.05, 0) is 30.5 Å². The van der Waals surface area contributed by atoms with Crippen LogP contribution in [0.4, 0.5) is 0 Å². The number of rotatable bonds is 6. The van der Waals surface area contributed by atoms with Crippen LogP contribution < -0.4 is 5.32 Å². The van der Waals surface area contributed by atoms with Crippen LogP contribution in [0.3, 0.4) is 0 Å². The minimum Gasteiger partial charge on any atom is -0.310 e. The maximum absolute atomic E-state index is 5.78. The largest absolute Gasteiger partial charge is 0.310 e. The monoisotopic (exact) mass is 262 g/mol. The van der Waals surface area contributed by atoms with Gasteiger partial charge in [-0.2, -0.15) is 0 Å². The highest BCUT2D eigenvalue weighted by molar-refractivity contribution is 6.17. The van der Waals surface area contributed by atoms with Crippen molar-refractivity contribution >= 4 is 22.5 Å². The van der Waals surface area contributed by atoms with E-state index in [9.17, 15) is 0 Å². The Bertz CT molecular complexity index is 499. The number of nitrogens with zero attached hydrogens (tertiary/aromatic N) is 1. The van der Waals surface area contributed by atoms with E-state index in [0.717, 1.165) is 24.9 Å². The molecule has 18 heavy (non-hydrogen) atoms. The molecule has 2 nitrogen and oxygen atoms in total. The van der Waals surface area contributed by atoms with Gasteiger partial charge in [0.2, 0.25) is 0 Å². The molecule has 1 N–H and O–H groups in total. The zero-order chi connectivity index (χ0) is 12.8. The van der Waals surface area contributed by atoms with Crippen LogP contribution in [0.2, 0.25) is 0 Å². The lowest BCUT2D eigenvalue weighted by molar-refractivity contribution is 0.486. The van der Waals surface area contributed by atoms with Crippen LogP contribution in [-0.2, 0) is 6.54 Å². The number of aromatic nitrogens is 1. The predicted molar refractivity (Wildman–Crippen MR) is 78.0 cm³/mol. The molecule has 1 aromatic heterocycles. The van der Waals surface area contributed by atoms with E-state index >= 15 is 0 Å². The number of hydrogen-bond acceptors (Lipinski definition) is 2. The van der Waals surface area contributed by atoms with Crippen molar-refractivity contribution in [1.29, 1.82) is 0 Å². The molecule has 0 radical (unpaired) electrons. The van der Waals surface area contributed by atoms with E-state index in [1.165, 1.54) is 10.9 Å². The molecular formula is C15H19ClN2. The standard InChI is InChI=1S/C15H19ClN2/c1-2-14(7-8-16)17-10-12-9-13-5-3-4-6-15(13)18-11-12/h3-6,9,11,14,17H,2,7-8,10H2,1H3. The number of halogens is 1. The molecule has 2 aromatic rings. The summed E-state index contributed by atoms with van der Waals surface area (Å²) >= 11 is 5.78. The second-order valence-electron chi connectivity index (χ2n) is 4.50. The summed E-state index contributed by atoms with van der Waals surface area (Å²) < 4.78 is 0. The first-order valence-electron chi connectivity index (χ1n) is 6.46. The maximum Gasteiger partial charge on any atom is 0.0702 e. The molecule has 0 amide bonds. The van der Waals surface area contributed by atoms with Crippen molar-refractivity contribution in [2.45, 2.75) is 32.4 Å². The quantitative estimate of drug-likeness (QED) is 0.803. The average molecular weight is 263 g/mol. The van der Waals surface area contributed by atoms with Crippen molar-refractivity contribution in [3.05, 3.63) is 42.1 Å². The van der Waals surface area contributed by atoms with Gasteiger partial charge in [-0.25, -0.2) is 0 Å². The Morgan fingerprint density at radius 2 is 2.17 bits per heavy atom. The van der Waals surface area contributed by atoms with Gasteiger partial charge in [-0.1, -0.05) is 25.1 Å². The topological polar surface area (TPSA) is 24.9 Å². The number of alkyl halides is 1. The fraction of sp³-hybridized carbons (Fsp3) is 0.400. The zero-order valence-electron chi connectivity index (χ0n) is 10.7. The van der Waals surface area contributed by atoms with Crippen LogP contribution in [0.5, 0.6) is 0 Å². The van der Waals surface area contributed by atoms with Gasteiger partial charge in [0.25, 0.3) is 0 Å².